The predicted octanol–water partition coefficient (Wildman–Crippen LogP) is 1.51. The summed E-state index contributed by atoms with van der Waals surface area (Å²) in [5.41, 5.74) is 0.414. The van der Waals surface area contributed by atoms with Crippen molar-refractivity contribution in [3.63, 3.8) is 0 Å². The van der Waals surface area contributed by atoms with Gasteiger partial charge in [-0.15, -0.1) is 0 Å². The van der Waals surface area contributed by atoms with Gasteiger partial charge in [-0.2, -0.15) is 0 Å². The second-order valence-corrected chi connectivity index (χ2v) is 6.03. The van der Waals surface area contributed by atoms with Crippen molar-refractivity contribution < 1.29 is 9.47 Å². The van der Waals surface area contributed by atoms with Crippen molar-refractivity contribution >= 4 is 0 Å². The molecule has 19 heavy (non-hydrogen) atoms. The monoisotopic (exact) mass is 270 g/mol. The number of nitrogens with one attached hydrogen (secondary N) is 1. The van der Waals surface area contributed by atoms with Crippen LogP contribution in [0.2, 0.25) is 0 Å². The van der Waals surface area contributed by atoms with Gasteiger partial charge in [0.2, 0.25) is 0 Å². The van der Waals surface area contributed by atoms with E-state index in [2.05, 4.69) is 17.1 Å². The molecule has 2 saturated heterocycles. The second kappa shape index (κ2) is 8.20. The van der Waals surface area contributed by atoms with Crippen molar-refractivity contribution in [2.45, 2.75) is 32.6 Å². The molecule has 112 valence electrons. The molecule has 4 nitrogen and oxygen atoms in total. The van der Waals surface area contributed by atoms with Gasteiger partial charge in [0.15, 0.2) is 0 Å². The quantitative estimate of drug-likeness (QED) is 0.742. The molecule has 0 aromatic rings. The average Bonchev–Trinajstić information content (AvgIpc) is 2.69. The number of hydrogen-bond acceptors (Lipinski definition) is 4. The van der Waals surface area contributed by atoms with Gasteiger partial charge < -0.3 is 19.7 Å². The van der Waals surface area contributed by atoms with E-state index in [1.807, 2.05) is 0 Å². The minimum absolute atomic E-state index is 0.414. The Kier molecular flexibility index (Phi) is 6.57. The lowest BCUT2D eigenvalue weighted by Crippen LogP contribution is -2.48. The first-order valence-electron chi connectivity index (χ1n) is 7.93. The Labute approximate surface area is 117 Å². The molecule has 0 aliphatic carbocycles. The van der Waals surface area contributed by atoms with Crippen LogP contribution in [0.5, 0.6) is 0 Å². The first-order valence-corrected chi connectivity index (χ1v) is 7.93. The lowest BCUT2D eigenvalue weighted by molar-refractivity contribution is -0.00452. The van der Waals surface area contributed by atoms with Gasteiger partial charge in [0.25, 0.3) is 0 Å². The molecular formula is C15H30N2O2. The maximum absolute atomic E-state index is 5.57. The largest absolute Gasteiger partial charge is 0.381 e. The van der Waals surface area contributed by atoms with E-state index in [4.69, 9.17) is 9.47 Å². The molecule has 0 unspecified atom stereocenters. The summed E-state index contributed by atoms with van der Waals surface area (Å²) in [6, 6.07) is 0. The van der Waals surface area contributed by atoms with E-state index >= 15 is 0 Å². The Hall–Kier alpha value is -0.160. The summed E-state index contributed by atoms with van der Waals surface area (Å²) in [5.74, 6) is 0. The van der Waals surface area contributed by atoms with Gasteiger partial charge in [0.05, 0.1) is 6.61 Å². The Morgan fingerprint density at radius 3 is 2.63 bits per heavy atom. The Bertz CT molecular complexity index is 234. The van der Waals surface area contributed by atoms with E-state index in [1.54, 1.807) is 0 Å². The standard InChI is InChI=1S/C15H30N2O2/c1-2-6-16-13-15(4-10-19-11-5-15)14-17-7-3-9-18-12-8-17/h16H,2-14H2,1H3. The number of nitrogens with zero attached hydrogens (tertiary/aromatic N) is 1. The summed E-state index contributed by atoms with van der Waals surface area (Å²) in [6.07, 6.45) is 4.78. The fourth-order valence-corrected chi connectivity index (χ4v) is 3.16. The highest BCUT2D eigenvalue weighted by atomic mass is 16.5. The first-order chi connectivity index (χ1) is 9.35. The van der Waals surface area contributed by atoms with Crippen LogP contribution in [0.4, 0.5) is 0 Å². The maximum atomic E-state index is 5.57. The van der Waals surface area contributed by atoms with Crippen molar-refractivity contribution in [1.82, 2.24) is 10.2 Å². The summed E-state index contributed by atoms with van der Waals surface area (Å²) >= 11 is 0. The minimum Gasteiger partial charge on any atom is -0.381 e. The maximum Gasteiger partial charge on any atom is 0.0593 e. The van der Waals surface area contributed by atoms with E-state index in [-0.39, 0.29) is 0 Å². The third-order valence-corrected chi connectivity index (χ3v) is 4.35. The SMILES string of the molecule is CCCNCC1(CN2CCCOCC2)CCOCC1. The van der Waals surface area contributed by atoms with Crippen LogP contribution in [0.3, 0.4) is 0 Å². The van der Waals surface area contributed by atoms with Crippen molar-refractivity contribution in [3.8, 4) is 0 Å². The first kappa shape index (κ1) is 15.2. The van der Waals surface area contributed by atoms with Crippen molar-refractivity contribution in [1.29, 1.82) is 0 Å². The molecule has 2 aliphatic rings. The van der Waals surface area contributed by atoms with Gasteiger partial charge in [-0.05, 0) is 37.6 Å². The molecule has 0 bridgehead atoms. The fraction of sp³-hybridized carbons (Fsp3) is 1.00. The second-order valence-electron chi connectivity index (χ2n) is 6.03. The van der Waals surface area contributed by atoms with E-state index in [1.165, 1.54) is 38.8 Å². The zero-order valence-electron chi connectivity index (χ0n) is 12.5. The summed E-state index contributed by atoms with van der Waals surface area (Å²) in [4.78, 5) is 2.60. The molecule has 2 aliphatic heterocycles. The zero-order chi connectivity index (χ0) is 13.4. The van der Waals surface area contributed by atoms with Crippen LogP contribution in [-0.4, -0.2) is 64.1 Å². The van der Waals surface area contributed by atoms with Crippen LogP contribution in [0.1, 0.15) is 32.6 Å². The molecule has 0 spiro atoms. The van der Waals surface area contributed by atoms with Gasteiger partial charge in [-0.3, -0.25) is 0 Å². The highest BCUT2D eigenvalue weighted by molar-refractivity contribution is 4.87. The van der Waals surface area contributed by atoms with E-state index in [9.17, 15) is 0 Å². The predicted molar refractivity (Wildman–Crippen MR) is 77.5 cm³/mol. The van der Waals surface area contributed by atoms with E-state index in [0.29, 0.717) is 5.41 Å². The molecular weight excluding hydrogens is 240 g/mol. The van der Waals surface area contributed by atoms with Gasteiger partial charge in [-0.1, -0.05) is 6.92 Å². The molecule has 0 radical (unpaired) electrons. The molecule has 2 rings (SSSR count). The average molecular weight is 270 g/mol. The summed E-state index contributed by atoms with van der Waals surface area (Å²) in [6.45, 7) is 11.7. The van der Waals surface area contributed by atoms with E-state index in [0.717, 1.165) is 46.1 Å². The summed E-state index contributed by atoms with van der Waals surface area (Å²) < 4.78 is 11.1. The van der Waals surface area contributed by atoms with Crippen LogP contribution in [0.15, 0.2) is 0 Å². The molecule has 2 heterocycles. The van der Waals surface area contributed by atoms with E-state index < -0.39 is 0 Å². The highest BCUT2D eigenvalue weighted by Crippen LogP contribution is 2.31. The topological polar surface area (TPSA) is 33.7 Å². The molecule has 0 saturated carbocycles. The van der Waals surface area contributed by atoms with Gasteiger partial charge in [0.1, 0.15) is 0 Å². The summed E-state index contributed by atoms with van der Waals surface area (Å²) in [7, 11) is 0. The summed E-state index contributed by atoms with van der Waals surface area (Å²) in [5, 5.41) is 3.64. The van der Waals surface area contributed by atoms with Crippen LogP contribution in [-0.2, 0) is 9.47 Å². The highest BCUT2D eigenvalue weighted by Gasteiger charge is 2.34. The van der Waals surface area contributed by atoms with Crippen molar-refractivity contribution in [2.75, 3.05) is 59.2 Å². The number of ether oxygens (including phenoxy) is 2. The van der Waals surface area contributed by atoms with Crippen molar-refractivity contribution in [2.24, 2.45) is 5.41 Å². The Morgan fingerprint density at radius 1 is 1.05 bits per heavy atom. The third-order valence-electron chi connectivity index (χ3n) is 4.35. The van der Waals surface area contributed by atoms with Crippen LogP contribution >= 0.6 is 0 Å². The molecule has 0 aromatic carbocycles. The lowest BCUT2D eigenvalue weighted by Gasteiger charge is -2.41. The molecule has 2 fully saturated rings. The molecule has 0 atom stereocenters. The number of rotatable bonds is 6. The lowest BCUT2D eigenvalue weighted by atomic mass is 9.79. The minimum atomic E-state index is 0.414. The Balaban J connectivity index is 1.87. The molecule has 0 amide bonds. The van der Waals surface area contributed by atoms with Crippen molar-refractivity contribution in [3.05, 3.63) is 0 Å². The molecule has 1 N–H and O–H groups in total. The molecule has 4 heteroatoms. The van der Waals surface area contributed by atoms with Gasteiger partial charge >= 0.3 is 0 Å². The zero-order valence-corrected chi connectivity index (χ0v) is 12.5. The number of hydrogen-bond donors (Lipinski definition) is 1. The molecule has 0 aromatic heterocycles. The smallest absolute Gasteiger partial charge is 0.0593 e. The van der Waals surface area contributed by atoms with Gasteiger partial charge in [-0.25, -0.2) is 0 Å². The van der Waals surface area contributed by atoms with Crippen LogP contribution in [0, 0.1) is 5.41 Å². The third kappa shape index (κ3) is 5.03. The van der Waals surface area contributed by atoms with Gasteiger partial charge in [0, 0.05) is 46.0 Å². The van der Waals surface area contributed by atoms with Crippen LogP contribution < -0.4 is 5.32 Å². The Morgan fingerprint density at radius 2 is 1.84 bits per heavy atom. The fourth-order valence-electron chi connectivity index (χ4n) is 3.16. The van der Waals surface area contributed by atoms with Crippen LogP contribution in [0.25, 0.3) is 0 Å². The normalized spacial score (nSPS) is 25.1.